The lowest BCUT2D eigenvalue weighted by molar-refractivity contribution is -0.121. The predicted octanol–water partition coefficient (Wildman–Crippen LogP) is 0.387. The van der Waals surface area contributed by atoms with E-state index in [-0.39, 0.29) is 18.6 Å². The van der Waals surface area contributed by atoms with Gasteiger partial charge in [-0.1, -0.05) is 0 Å². The smallest absolute Gasteiger partial charge is 0.241 e. The Morgan fingerprint density at radius 1 is 1.62 bits per heavy atom. The Morgan fingerprint density at radius 2 is 2.31 bits per heavy atom. The molecule has 0 aromatic carbocycles. The molecule has 1 aromatic heterocycles. The molecule has 1 rings (SSSR count). The minimum absolute atomic E-state index is 0.0770. The number of aliphatic hydroxyl groups is 1. The van der Waals surface area contributed by atoms with E-state index in [0.717, 1.165) is 11.4 Å². The van der Waals surface area contributed by atoms with Gasteiger partial charge in [-0.3, -0.25) is 9.48 Å². The topological polar surface area (TPSA) is 67.2 Å². The van der Waals surface area contributed by atoms with Crippen molar-refractivity contribution in [3.63, 3.8) is 0 Å². The Morgan fingerprint density at radius 3 is 2.81 bits per heavy atom. The first-order valence-corrected chi connectivity index (χ1v) is 5.45. The molecule has 0 aliphatic carbocycles. The molecule has 2 N–H and O–H groups in total. The summed E-state index contributed by atoms with van der Waals surface area (Å²) in [4.78, 5) is 11.5. The maximum absolute atomic E-state index is 11.5. The zero-order valence-electron chi connectivity index (χ0n) is 10.0. The Kier molecular flexibility index (Phi) is 4.49. The lowest BCUT2D eigenvalue weighted by atomic mass is 10.3. The van der Waals surface area contributed by atoms with Gasteiger partial charge >= 0.3 is 0 Å². The van der Waals surface area contributed by atoms with Gasteiger partial charge in [0.15, 0.2) is 0 Å². The molecule has 1 atom stereocenters. The molecule has 1 unspecified atom stereocenters. The number of aliphatic hydroxyl groups excluding tert-OH is 1. The molecule has 16 heavy (non-hydrogen) atoms. The van der Waals surface area contributed by atoms with Crippen LogP contribution in [0.3, 0.4) is 0 Å². The Bertz CT molecular complexity index is 358. The summed E-state index contributed by atoms with van der Waals surface area (Å²) < 4.78 is 1.67. The second-order valence-corrected chi connectivity index (χ2v) is 4.07. The van der Waals surface area contributed by atoms with Gasteiger partial charge < -0.3 is 10.4 Å². The van der Waals surface area contributed by atoms with Crippen LogP contribution in [0.25, 0.3) is 0 Å². The Labute approximate surface area is 95.5 Å². The van der Waals surface area contributed by atoms with Crippen LogP contribution in [0.5, 0.6) is 0 Å². The van der Waals surface area contributed by atoms with Crippen molar-refractivity contribution in [2.45, 2.75) is 39.8 Å². The van der Waals surface area contributed by atoms with Crippen LogP contribution in [0.2, 0.25) is 0 Å². The molecular weight excluding hydrogens is 206 g/mol. The molecule has 0 aliphatic rings. The van der Waals surface area contributed by atoms with E-state index in [4.69, 9.17) is 5.11 Å². The van der Waals surface area contributed by atoms with Crippen LogP contribution in [0, 0.1) is 13.8 Å². The number of nitrogens with one attached hydrogen (secondary N) is 1. The third kappa shape index (κ3) is 4.02. The monoisotopic (exact) mass is 225 g/mol. The number of hydrogen-bond donors (Lipinski definition) is 2. The third-order valence-electron chi connectivity index (χ3n) is 2.28. The van der Waals surface area contributed by atoms with Crippen LogP contribution >= 0.6 is 0 Å². The van der Waals surface area contributed by atoms with Crippen molar-refractivity contribution in [1.82, 2.24) is 15.1 Å². The lowest BCUT2D eigenvalue weighted by Crippen LogP contribution is -2.30. The number of aryl methyl sites for hydroxylation is 2. The van der Waals surface area contributed by atoms with Crippen molar-refractivity contribution in [2.75, 3.05) is 6.54 Å². The lowest BCUT2D eigenvalue weighted by Gasteiger charge is -2.07. The summed E-state index contributed by atoms with van der Waals surface area (Å²) in [5.41, 5.74) is 1.89. The van der Waals surface area contributed by atoms with Crippen LogP contribution in [0.1, 0.15) is 24.7 Å². The Balaban J connectivity index is 2.37. The van der Waals surface area contributed by atoms with Crippen molar-refractivity contribution in [3.8, 4) is 0 Å². The highest BCUT2D eigenvalue weighted by molar-refractivity contribution is 5.75. The van der Waals surface area contributed by atoms with Crippen molar-refractivity contribution in [2.24, 2.45) is 0 Å². The van der Waals surface area contributed by atoms with Crippen LogP contribution < -0.4 is 5.32 Å². The van der Waals surface area contributed by atoms with Crippen molar-refractivity contribution in [3.05, 3.63) is 17.5 Å². The molecule has 1 amide bonds. The van der Waals surface area contributed by atoms with Crippen LogP contribution in [-0.2, 0) is 11.3 Å². The average molecular weight is 225 g/mol. The largest absolute Gasteiger partial charge is 0.393 e. The van der Waals surface area contributed by atoms with E-state index >= 15 is 0 Å². The third-order valence-corrected chi connectivity index (χ3v) is 2.28. The molecule has 0 radical (unpaired) electrons. The van der Waals surface area contributed by atoms with E-state index in [1.165, 1.54) is 0 Å². The Hall–Kier alpha value is -1.36. The molecule has 5 heteroatoms. The van der Waals surface area contributed by atoms with Gasteiger partial charge in [-0.15, -0.1) is 0 Å². The number of rotatable bonds is 5. The van der Waals surface area contributed by atoms with Gasteiger partial charge in [-0.25, -0.2) is 0 Å². The number of aromatic nitrogens is 2. The van der Waals surface area contributed by atoms with Gasteiger partial charge in [-0.05, 0) is 33.3 Å². The summed E-state index contributed by atoms with van der Waals surface area (Å²) in [5.74, 6) is -0.0770. The summed E-state index contributed by atoms with van der Waals surface area (Å²) >= 11 is 0. The summed E-state index contributed by atoms with van der Waals surface area (Å²) in [6.45, 7) is 6.25. The van der Waals surface area contributed by atoms with Crippen molar-refractivity contribution < 1.29 is 9.90 Å². The second kappa shape index (κ2) is 5.65. The molecule has 0 saturated carbocycles. The first-order valence-electron chi connectivity index (χ1n) is 5.45. The summed E-state index contributed by atoms with van der Waals surface area (Å²) in [7, 11) is 0. The highest BCUT2D eigenvalue weighted by Crippen LogP contribution is 2.00. The maximum atomic E-state index is 11.5. The van der Waals surface area contributed by atoms with Crippen LogP contribution in [0.4, 0.5) is 0 Å². The second-order valence-electron chi connectivity index (χ2n) is 4.07. The van der Waals surface area contributed by atoms with Gasteiger partial charge in [0.1, 0.15) is 6.54 Å². The van der Waals surface area contributed by atoms with E-state index in [0.29, 0.717) is 13.0 Å². The molecule has 1 aromatic rings. The zero-order valence-corrected chi connectivity index (χ0v) is 10.0. The van der Waals surface area contributed by atoms with E-state index in [2.05, 4.69) is 10.4 Å². The van der Waals surface area contributed by atoms with Gasteiger partial charge in [0.2, 0.25) is 5.91 Å². The van der Waals surface area contributed by atoms with E-state index in [9.17, 15) is 4.79 Å². The molecular formula is C11H19N3O2. The molecule has 0 fully saturated rings. The number of amides is 1. The van der Waals surface area contributed by atoms with Gasteiger partial charge in [0, 0.05) is 12.2 Å². The molecule has 5 nitrogen and oxygen atoms in total. The highest BCUT2D eigenvalue weighted by Gasteiger charge is 2.06. The highest BCUT2D eigenvalue weighted by atomic mass is 16.3. The van der Waals surface area contributed by atoms with Crippen LogP contribution in [0.15, 0.2) is 6.07 Å². The maximum Gasteiger partial charge on any atom is 0.241 e. The standard InChI is InChI=1S/C11H19N3O2/c1-8-6-9(2)14(13-8)7-11(16)12-5-4-10(3)15/h6,10,15H,4-5,7H2,1-3H3,(H,12,16). The van der Waals surface area contributed by atoms with E-state index in [1.54, 1.807) is 11.6 Å². The molecule has 1 heterocycles. The first kappa shape index (κ1) is 12.7. The predicted molar refractivity (Wildman–Crippen MR) is 61.0 cm³/mol. The molecule has 90 valence electrons. The van der Waals surface area contributed by atoms with Crippen LogP contribution in [-0.4, -0.2) is 33.4 Å². The molecule has 0 saturated heterocycles. The van der Waals surface area contributed by atoms with E-state index in [1.807, 2.05) is 19.9 Å². The summed E-state index contributed by atoms with van der Waals surface area (Å²) in [6, 6.07) is 1.93. The average Bonchev–Trinajstić information content (AvgIpc) is 2.44. The molecule has 0 bridgehead atoms. The number of nitrogens with zero attached hydrogens (tertiary/aromatic N) is 2. The first-order chi connectivity index (χ1) is 7.49. The summed E-state index contributed by atoms with van der Waals surface area (Å²) in [6.07, 6.45) is 0.192. The van der Waals surface area contributed by atoms with Gasteiger partial charge in [-0.2, -0.15) is 5.10 Å². The van der Waals surface area contributed by atoms with E-state index < -0.39 is 0 Å². The minimum atomic E-state index is -0.381. The number of hydrogen-bond acceptors (Lipinski definition) is 3. The minimum Gasteiger partial charge on any atom is -0.393 e. The fourth-order valence-corrected chi connectivity index (χ4v) is 1.45. The van der Waals surface area contributed by atoms with Gasteiger partial charge in [0.05, 0.1) is 11.8 Å². The fraction of sp³-hybridized carbons (Fsp3) is 0.636. The SMILES string of the molecule is Cc1cc(C)n(CC(=O)NCCC(C)O)n1. The quantitative estimate of drug-likeness (QED) is 0.761. The zero-order chi connectivity index (χ0) is 12.1. The normalized spacial score (nSPS) is 12.5. The number of carbonyl (C=O) groups excluding carboxylic acids is 1. The fourth-order valence-electron chi connectivity index (χ4n) is 1.45. The molecule has 0 spiro atoms. The summed E-state index contributed by atoms with van der Waals surface area (Å²) in [5, 5.41) is 16.0. The van der Waals surface area contributed by atoms with Crippen molar-refractivity contribution >= 4 is 5.91 Å². The number of carbonyl (C=O) groups is 1. The van der Waals surface area contributed by atoms with Gasteiger partial charge in [0.25, 0.3) is 0 Å². The molecule has 0 aliphatic heterocycles. The van der Waals surface area contributed by atoms with Crippen molar-refractivity contribution in [1.29, 1.82) is 0 Å².